The first kappa shape index (κ1) is 23.7. The smallest absolute Gasteiger partial charge is 0.272 e. The first-order valence-electron chi connectivity index (χ1n) is 10.5. The molecular weight excluding hydrogens is 420 g/mol. The van der Waals surface area contributed by atoms with E-state index in [-0.39, 0.29) is 17.5 Å². The summed E-state index contributed by atoms with van der Waals surface area (Å²) in [6.07, 6.45) is 5.12. The molecule has 1 aromatic heterocycles. The zero-order chi connectivity index (χ0) is 23.6. The normalized spacial score (nSPS) is 11.0. The second-order valence-electron chi connectivity index (χ2n) is 7.29. The first-order valence-corrected chi connectivity index (χ1v) is 10.5. The van der Waals surface area contributed by atoms with Crippen LogP contribution >= 0.6 is 0 Å². The molecule has 0 bridgehead atoms. The molecule has 0 aliphatic carbocycles. The van der Waals surface area contributed by atoms with E-state index >= 15 is 0 Å². The third-order valence-corrected chi connectivity index (χ3v) is 4.97. The van der Waals surface area contributed by atoms with Gasteiger partial charge in [0.25, 0.3) is 11.8 Å². The number of rotatable bonds is 10. The fourth-order valence-electron chi connectivity index (χ4n) is 3.44. The summed E-state index contributed by atoms with van der Waals surface area (Å²) in [6, 6.07) is 14.5. The van der Waals surface area contributed by atoms with Gasteiger partial charge in [0, 0.05) is 44.4 Å². The third-order valence-electron chi connectivity index (χ3n) is 4.97. The van der Waals surface area contributed by atoms with Crippen LogP contribution in [0.25, 0.3) is 10.8 Å². The molecule has 0 aliphatic heterocycles. The van der Waals surface area contributed by atoms with Gasteiger partial charge in [0.2, 0.25) is 0 Å². The highest BCUT2D eigenvalue weighted by Crippen LogP contribution is 2.25. The van der Waals surface area contributed by atoms with Gasteiger partial charge in [-0.2, -0.15) is 0 Å². The van der Waals surface area contributed by atoms with Crippen LogP contribution in [0.1, 0.15) is 32.8 Å². The van der Waals surface area contributed by atoms with Crippen LogP contribution in [0.5, 0.6) is 0 Å². The highest BCUT2D eigenvalue weighted by Gasteiger charge is 2.17. The highest BCUT2D eigenvalue weighted by atomic mass is 16.5. The number of nitrogens with zero attached hydrogens (tertiary/aromatic N) is 2. The number of anilines is 1. The van der Waals surface area contributed by atoms with E-state index in [1.54, 1.807) is 31.5 Å². The van der Waals surface area contributed by atoms with E-state index in [9.17, 15) is 9.59 Å². The van der Waals surface area contributed by atoms with Gasteiger partial charge in [0.1, 0.15) is 0 Å². The van der Waals surface area contributed by atoms with E-state index in [1.165, 1.54) is 17.4 Å². The molecular formula is C24H28N6O3. The van der Waals surface area contributed by atoms with Gasteiger partial charge in [-0.05, 0) is 41.0 Å². The minimum absolute atomic E-state index is 0.150. The molecule has 0 unspecified atom stereocenters. The topological polar surface area (TPSA) is 136 Å². The van der Waals surface area contributed by atoms with Crippen LogP contribution in [0, 0.1) is 0 Å². The van der Waals surface area contributed by atoms with Crippen molar-refractivity contribution in [2.75, 3.05) is 25.6 Å². The summed E-state index contributed by atoms with van der Waals surface area (Å²) in [5.41, 5.74) is 7.32. The van der Waals surface area contributed by atoms with Crippen LogP contribution in [-0.2, 0) is 11.3 Å². The van der Waals surface area contributed by atoms with E-state index < -0.39 is 0 Å². The zero-order valence-corrected chi connectivity index (χ0v) is 18.5. The monoisotopic (exact) mass is 448 g/mol. The number of amides is 2. The van der Waals surface area contributed by atoms with Crippen LogP contribution < -0.4 is 22.2 Å². The van der Waals surface area contributed by atoms with Crippen molar-refractivity contribution in [3.05, 3.63) is 83.9 Å². The molecule has 172 valence electrons. The number of hydrogen-bond donors (Lipinski definition) is 4. The first-order chi connectivity index (χ1) is 16.0. The van der Waals surface area contributed by atoms with Crippen molar-refractivity contribution >= 4 is 28.3 Å². The minimum Gasteiger partial charge on any atom is -0.403 e. The number of benzene rings is 2. The Morgan fingerprint density at radius 3 is 2.64 bits per heavy atom. The van der Waals surface area contributed by atoms with Crippen LogP contribution in [0.2, 0.25) is 0 Å². The summed E-state index contributed by atoms with van der Waals surface area (Å²) in [5, 5.41) is 8.76. The molecule has 0 saturated heterocycles. The number of ether oxygens (including phenoxy) is 1. The lowest BCUT2D eigenvalue weighted by Crippen LogP contribution is -2.27. The van der Waals surface area contributed by atoms with Crippen LogP contribution in [0.3, 0.4) is 0 Å². The maximum Gasteiger partial charge on any atom is 0.272 e. The second-order valence-corrected chi connectivity index (χ2v) is 7.29. The van der Waals surface area contributed by atoms with E-state index in [0.717, 1.165) is 16.3 Å². The molecule has 3 rings (SSSR count). The lowest BCUT2D eigenvalue weighted by molar-refractivity contribution is 0.0944. The maximum absolute atomic E-state index is 13.2. The zero-order valence-electron chi connectivity index (χ0n) is 18.5. The fraction of sp³-hybridized carbons (Fsp3) is 0.208. The van der Waals surface area contributed by atoms with Crippen molar-refractivity contribution in [1.82, 2.24) is 15.3 Å². The van der Waals surface area contributed by atoms with Crippen molar-refractivity contribution in [1.29, 1.82) is 0 Å². The molecule has 6 N–H and O–H groups in total. The van der Waals surface area contributed by atoms with Gasteiger partial charge in [0.05, 0.1) is 12.2 Å². The molecule has 2 amide bonds. The van der Waals surface area contributed by atoms with Crippen molar-refractivity contribution in [2.45, 2.75) is 13.0 Å². The molecule has 0 aliphatic rings. The van der Waals surface area contributed by atoms with Gasteiger partial charge in [-0.25, -0.2) is 10.8 Å². The summed E-state index contributed by atoms with van der Waals surface area (Å²) in [7, 11) is 1.60. The summed E-state index contributed by atoms with van der Waals surface area (Å²) in [5.74, 6) is 5.23. The summed E-state index contributed by atoms with van der Waals surface area (Å²) in [6.45, 7) is 1.41. The Kier molecular flexibility index (Phi) is 8.34. The average molecular weight is 449 g/mol. The SMILES string of the molecule is COCCCNC(=O)c1ncccc1NC(=O)c1ccc(CN(N)/C=C\N)c2ccccc12. The van der Waals surface area contributed by atoms with Crippen LogP contribution in [0.4, 0.5) is 5.69 Å². The third kappa shape index (κ3) is 6.06. The Balaban J connectivity index is 1.84. The molecule has 0 radical (unpaired) electrons. The molecule has 3 aromatic rings. The van der Waals surface area contributed by atoms with Crippen molar-refractivity contribution in [2.24, 2.45) is 11.6 Å². The predicted molar refractivity (Wildman–Crippen MR) is 128 cm³/mol. The largest absolute Gasteiger partial charge is 0.403 e. The molecule has 0 spiro atoms. The van der Waals surface area contributed by atoms with E-state index in [1.807, 2.05) is 30.3 Å². The van der Waals surface area contributed by atoms with Gasteiger partial charge < -0.3 is 26.1 Å². The molecule has 33 heavy (non-hydrogen) atoms. The van der Waals surface area contributed by atoms with Crippen LogP contribution in [-0.4, -0.2) is 42.1 Å². The Labute approximate surface area is 192 Å². The minimum atomic E-state index is -0.363. The quantitative estimate of drug-likeness (QED) is 0.212. The van der Waals surface area contributed by atoms with Gasteiger partial charge >= 0.3 is 0 Å². The number of carbonyl (C=O) groups excluding carboxylic acids is 2. The molecule has 0 saturated carbocycles. The summed E-state index contributed by atoms with van der Waals surface area (Å²) < 4.78 is 4.99. The second kappa shape index (κ2) is 11.6. The number of carbonyl (C=O) groups is 2. The number of fused-ring (bicyclic) bond motifs is 1. The van der Waals surface area contributed by atoms with Crippen molar-refractivity contribution < 1.29 is 14.3 Å². The average Bonchev–Trinajstić information content (AvgIpc) is 2.82. The summed E-state index contributed by atoms with van der Waals surface area (Å²) >= 11 is 0. The maximum atomic E-state index is 13.2. The summed E-state index contributed by atoms with van der Waals surface area (Å²) in [4.78, 5) is 29.9. The molecule has 0 atom stereocenters. The number of nitrogens with two attached hydrogens (primary N) is 2. The lowest BCUT2D eigenvalue weighted by Gasteiger charge is -2.17. The molecule has 1 heterocycles. The molecule has 2 aromatic carbocycles. The van der Waals surface area contributed by atoms with Gasteiger partial charge in [0.15, 0.2) is 5.69 Å². The van der Waals surface area contributed by atoms with Gasteiger partial charge in [-0.3, -0.25) is 9.59 Å². The number of aromatic nitrogens is 1. The molecule has 9 heteroatoms. The Morgan fingerprint density at radius 1 is 1.09 bits per heavy atom. The number of nitrogens with one attached hydrogen (secondary N) is 2. The van der Waals surface area contributed by atoms with E-state index in [4.69, 9.17) is 16.3 Å². The molecule has 9 nitrogen and oxygen atoms in total. The Bertz CT molecular complexity index is 1150. The van der Waals surface area contributed by atoms with Crippen LogP contribution in [0.15, 0.2) is 67.1 Å². The predicted octanol–water partition coefficient (Wildman–Crippen LogP) is 2.36. The van der Waals surface area contributed by atoms with E-state index in [2.05, 4.69) is 15.6 Å². The highest BCUT2D eigenvalue weighted by molar-refractivity contribution is 6.15. The van der Waals surface area contributed by atoms with E-state index in [0.29, 0.717) is 37.4 Å². The van der Waals surface area contributed by atoms with Crippen molar-refractivity contribution in [3.63, 3.8) is 0 Å². The Hall–Kier alpha value is -3.95. The lowest BCUT2D eigenvalue weighted by atomic mass is 9.98. The number of pyridine rings is 1. The fourth-order valence-corrected chi connectivity index (χ4v) is 3.44. The molecule has 0 fully saturated rings. The van der Waals surface area contributed by atoms with Gasteiger partial charge in [-0.1, -0.05) is 30.3 Å². The standard InChI is InChI=1S/C24H28N6O3/c1-33-15-5-13-28-24(32)22-21(8-4-12-27-22)29-23(31)20-10-9-17(16-30(26)14-11-25)18-6-2-3-7-19(18)20/h2-4,6-12,14H,5,13,15-16,25-26H2,1H3,(H,28,32)(H,29,31)/b14-11-. The number of methoxy groups -OCH3 is 1. The Morgan fingerprint density at radius 2 is 1.88 bits per heavy atom. The number of hydrogen-bond acceptors (Lipinski definition) is 7. The van der Waals surface area contributed by atoms with Crippen molar-refractivity contribution in [3.8, 4) is 0 Å². The number of hydrazine groups is 1. The van der Waals surface area contributed by atoms with Gasteiger partial charge in [-0.15, -0.1) is 0 Å².